The van der Waals surface area contributed by atoms with E-state index in [9.17, 15) is 0 Å². The Morgan fingerprint density at radius 3 is 2.79 bits per heavy atom. The van der Waals surface area contributed by atoms with Gasteiger partial charge in [-0.25, -0.2) is 0 Å². The first-order chi connectivity index (χ1) is 14.2. The minimum Gasteiger partial charge on any atom is -0.382 e. The number of nitrogens with one attached hydrogen (secondary N) is 2. The van der Waals surface area contributed by atoms with Crippen LogP contribution in [0.1, 0.15) is 16.7 Å². The number of fused-ring (bicyclic) bond motifs is 1. The summed E-state index contributed by atoms with van der Waals surface area (Å²) in [5, 5.41) is 19.9. The van der Waals surface area contributed by atoms with Crippen molar-refractivity contribution in [3.63, 3.8) is 0 Å². The molecule has 1 heterocycles. The second kappa shape index (κ2) is 8.70. The SMILES string of the molecule is N/C(=N\N=C\c1ccc(Br)cc1)c1ccccc1NCc1ccc2cn[nH]c2c1. The molecule has 7 heteroatoms. The maximum absolute atomic E-state index is 6.19. The summed E-state index contributed by atoms with van der Waals surface area (Å²) in [6.07, 6.45) is 3.49. The van der Waals surface area contributed by atoms with Crippen LogP contribution in [0, 0.1) is 0 Å². The molecule has 0 aliphatic rings. The zero-order valence-electron chi connectivity index (χ0n) is 15.5. The van der Waals surface area contributed by atoms with Gasteiger partial charge in [0, 0.05) is 27.7 Å². The zero-order valence-corrected chi connectivity index (χ0v) is 17.1. The second-order valence-corrected chi connectivity index (χ2v) is 7.39. The Morgan fingerprint density at radius 2 is 1.93 bits per heavy atom. The van der Waals surface area contributed by atoms with Crippen molar-refractivity contribution in [3.05, 3.63) is 94.1 Å². The molecule has 0 saturated heterocycles. The Hall–Kier alpha value is -3.45. The average molecular weight is 447 g/mol. The molecule has 0 fully saturated rings. The van der Waals surface area contributed by atoms with Crippen molar-refractivity contribution >= 4 is 44.6 Å². The van der Waals surface area contributed by atoms with Gasteiger partial charge in [-0.3, -0.25) is 5.10 Å². The third kappa shape index (κ3) is 4.70. The van der Waals surface area contributed by atoms with Crippen LogP contribution in [0.5, 0.6) is 0 Å². The number of aromatic nitrogens is 2. The molecular formula is C22H19BrN6. The van der Waals surface area contributed by atoms with Crippen LogP contribution in [-0.4, -0.2) is 22.2 Å². The molecule has 4 aromatic rings. The summed E-state index contributed by atoms with van der Waals surface area (Å²) in [7, 11) is 0. The molecule has 0 saturated carbocycles. The summed E-state index contributed by atoms with van der Waals surface area (Å²) >= 11 is 3.41. The number of rotatable bonds is 6. The smallest absolute Gasteiger partial charge is 0.155 e. The number of para-hydroxylation sites is 1. The van der Waals surface area contributed by atoms with Crippen molar-refractivity contribution in [2.45, 2.75) is 6.54 Å². The van der Waals surface area contributed by atoms with Gasteiger partial charge in [0.2, 0.25) is 0 Å². The number of anilines is 1. The molecular weight excluding hydrogens is 428 g/mol. The molecule has 0 bridgehead atoms. The van der Waals surface area contributed by atoms with Crippen LogP contribution in [0.4, 0.5) is 5.69 Å². The lowest BCUT2D eigenvalue weighted by Gasteiger charge is -2.11. The molecule has 6 nitrogen and oxygen atoms in total. The highest BCUT2D eigenvalue weighted by Gasteiger charge is 2.06. The largest absolute Gasteiger partial charge is 0.382 e. The van der Waals surface area contributed by atoms with Crippen LogP contribution in [-0.2, 0) is 6.54 Å². The number of halogens is 1. The van der Waals surface area contributed by atoms with E-state index in [2.05, 4.69) is 59.8 Å². The van der Waals surface area contributed by atoms with Crippen LogP contribution in [0.25, 0.3) is 10.9 Å². The van der Waals surface area contributed by atoms with Crippen LogP contribution in [0.15, 0.2) is 87.6 Å². The molecule has 4 N–H and O–H groups in total. The van der Waals surface area contributed by atoms with Crippen molar-refractivity contribution < 1.29 is 0 Å². The highest BCUT2D eigenvalue weighted by atomic mass is 79.9. The van der Waals surface area contributed by atoms with E-state index in [0.29, 0.717) is 12.4 Å². The third-order valence-electron chi connectivity index (χ3n) is 4.43. The molecule has 4 rings (SSSR count). The van der Waals surface area contributed by atoms with Crippen molar-refractivity contribution in [2.75, 3.05) is 5.32 Å². The van der Waals surface area contributed by atoms with Crippen molar-refractivity contribution in [2.24, 2.45) is 15.9 Å². The minimum atomic E-state index is 0.352. The molecule has 0 atom stereocenters. The Balaban J connectivity index is 1.48. The number of aromatic amines is 1. The van der Waals surface area contributed by atoms with Crippen molar-refractivity contribution in [1.82, 2.24) is 10.2 Å². The molecule has 0 spiro atoms. The highest BCUT2D eigenvalue weighted by molar-refractivity contribution is 9.10. The maximum atomic E-state index is 6.19. The van der Waals surface area contributed by atoms with E-state index in [1.54, 1.807) is 6.21 Å². The van der Waals surface area contributed by atoms with E-state index in [-0.39, 0.29) is 0 Å². The first-order valence-electron chi connectivity index (χ1n) is 9.06. The molecule has 0 unspecified atom stereocenters. The van der Waals surface area contributed by atoms with Crippen molar-refractivity contribution in [1.29, 1.82) is 0 Å². The van der Waals surface area contributed by atoms with Gasteiger partial charge in [-0.2, -0.15) is 10.2 Å². The predicted octanol–water partition coefficient (Wildman–Crippen LogP) is 4.68. The van der Waals surface area contributed by atoms with Gasteiger partial charge < -0.3 is 11.1 Å². The van der Waals surface area contributed by atoms with E-state index in [1.807, 2.05) is 54.7 Å². The highest BCUT2D eigenvalue weighted by Crippen LogP contribution is 2.18. The molecule has 0 aliphatic heterocycles. The number of nitrogens with two attached hydrogens (primary N) is 1. The molecule has 29 heavy (non-hydrogen) atoms. The maximum Gasteiger partial charge on any atom is 0.155 e. The number of benzene rings is 3. The second-order valence-electron chi connectivity index (χ2n) is 6.47. The molecule has 144 valence electrons. The molecule has 0 radical (unpaired) electrons. The van der Waals surface area contributed by atoms with Gasteiger partial charge in [0.15, 0.2) is 5.84 Å². The number of hydrogen-bond donors (Lipinski definition) is 3. The van der Waals surface area contributed by atoms with Crippen LogP contribution >= 0.6 is 15.9 Å². The Morgan fingerprint density at radius 1 is 1.10 bits per heavy atom. The Kier molecular flexibility index (Phi) is 5.67. The zero-order chi connectivity index (χ0) is 20.1. The van der Waals surface area contributed by atoms with Gasteiger partial charge in [-0.1, -0.05) is 52.3 Å². The quantitative estimate of drug-likeness (QED) is 0.228. The normalized spacial score (nSPS) is 12.0. The molecule has 1 aromatic heterocycles. The number of nitrogens with zero attached hydrogens (tertiary/aromatic N) is 3. The third-order valence-corrected chi connectivity index (χ3v) is 4.96. The van der Waals surface area contributed by atoms with Gasteiger partial charge in [-0.05, 0) is 41.5 Å². The van der Waals surface area contributed by atoms with Crippen LogP contribution in [0.2, 0.25) is 0 Å². The van der Waals surface area contributed by atoms with Gasteiger partial charge >= 0.3 is 0 Å². The van der Waals surface area contributed by atoms with E-state index in [1.165, 1.54) is 0 Å². The standard InChI is InChI=1S/C22H19BrN6/c23-18-9-6-15(7-10-18)13-26-29-22(24)19-3-1-2-4-20(19)25-12-16-5-8-17-14-27-28-21(17)11-16/h1-11,13-14,25H,12H2,(H2,24,29)(H,27,28)/b26-13+. The molecule has 3 aromatic carbocycles. The fraction of sp³-hybridized carbons (Fsp3) is 0.0455. The summed E-state index contributed by atoms with van der Waals surface area (Å²) in [5.74, 6) is 0.352. The average Bonchev–Trinajstić information content (AvgIpc) is 3.22. The summed E-state index contributed by atoms with van der Waals surface area (Å²) in [6.45, 7) is 0.654. The molecule has 0 amide bonds. The van der Waals surface area contributed by atoms with E-state index < -0.39 is 0 Å². The monoisotopic (exact) mass is 446 g/mol. The fourth-order valence-electron chi connectivity index (χ4n) is 2.91. The summed E-state index contributed by atoms with van der Waals surface area (Å²) in [4.78, 5) is 0. The van der Waals surface area contributed by atoms with E-state index in [0.717, 1.165) is 37.8 Å². The molecule has 0 aliphatic carbocycles. The summed E-state index contributed by atoms with van der Waals surface area (Å²) < 4.78 is 1.02. The van der Waals surface area contributed by atoms with Crippen molar-refractivity contribution in [3.8, 4) is 0 Å². The first-order valence-corrected chi connectivity index (χ1v) is 9.86. The fourth-order valence-corrected chi connectivity index (χ4v) is 3.18. The van der Waals surface area contributed by atoms with E-state index in [4.69, 9.17) is 5.73 Å². The van der Waals surface area contributed by atoms with E-state index >= 15 is 0 Å². The lowest BCUT2D eigenvalue weighted by molar-refractivity contribution is 1.11. The van der Waals surface area contributed by atoms with Crippen LogP contribution in [0.3, 0.4) is 0 Å². The summed E-state index contributed by atoms with van der Waals surface area (Å²) in [5.41, 5.74) is 11.0. The van der Waals surface area contributed by atoms with Gasteiger partial charge in [0.1, 0.15) is 0 Å². The predicted molar refractivity (Wildman–Crippen MR) is 122 cm³/mol. The lowest BCUT2D eigenvalue weighted by Crippen LogP contribution is -2.15. The van der Waals surface area contributed by atoms with Gasteiger partial charge in [0.25, 0.3) is 0 Å². The lowest BCUT2D eigenvalue weighted by atomic mass is 10.1. The first kappa shape index (κ1) is 18.9. The Bertz CT molecular complexity index is 1180. The Labute approximate surface area is 176 Å². The van der Waals surface area contributed by atoms with Gasteiger partial charge in [-0.15, -0.1) is 5.10 Å². The number of H-pyrrole nitrogens is 1. The number of hydrogen-bond acceptors (Lipinski definition) is 4. The van der Waals surface area contributed by atoms with Gasteiger partial charge in [0.05, 0.1) is 17.9 Å². The topological polar surface area (TPSA) is 91.4 Å². The minimum absolute atomic E-state index is 0.352. The number of amidine groups is 1. The summed E-state index contributed by atoms with van der Waals surface area (Å²) in [6, 6.07) is 21.8. The van der Waals surface area contributed by atoms with Crippen LogP contribution < -0.4 is 11.1 Å².